The molecule has 0 fully saturated rings. The van der Waals surface area contributed by atoms with Crippen LogP contribution in [0.15, 0.2) is 27.2 Å². The van der Waals surface area contributed by atoms with E-state index in [0.29, 0.717) is 11.7 Å². The van der Waals surface area contributed by atoms with Gasteiger partial charge in [0.15, 0.2) is 12.4 Å². The number of hydrogen-bond donors (Lipinski definition) is 1. The van der Waals surface area contributed by atoms with E-state index in [2.05, 4.69) is 26.1 Å². The number of aromatic nitrogens is 2. The van der Waals surface area contributed by atoms with Gasteiger partial charge in [0.25, 0.3) is 5.89 Å². The Morgan fingerprint density at radius 2 is 2.28 bits per heavy atom. The predicted molar refractivity (Wildman–Crippen MR) is 70.1 cm³/mol. The molecule has 0 aliphatic carbocycles. The van der Waals surface area contributed by atoms with Crippen molar-refractivity contribution in [3.8, 4) is 5.75 Å². The molecule has 0 spiro atoms. The second kappa shape index (κ2) is 5.49. The zero-order valence-electron chi connectivity index (χ0n) is 10.2. The van der Waals surface area contributed by atoms with Crippen LogP contribution in [0.4, 0.5) is 0 Å². The molecule has 0 radical (unpaired) electrons. The van der Waals surface area contributed by atoms with E-state index in [4.69, 9.17) is 15.0 Å². The Hall–Kier alpha value is -1.40. The van der Waals surface area contributed by atoms with Crippen LogP contribution in [0.1, 0.15) is 30.2 Å². The molecule has 0 amide bonds. The molecule has 0 saturated heterocycles. The van der Waals surface area contributed by atoms with Crippen molar-refractivity contribution in [3.05, 3.63) is 40.0 Å². The summed E-state index contributed by atoms with van der Waals surface area (Å²) in [5.74, 6) is 1.77. The van der Waals surface area contributed by atoms with E-state index in [-0.39, 0.29) is 12.6 Å². The van der Waals surface area contributed by atoms with Crippen LogP contribution in [-0.4, -0.2) is 10.1 Å². The third kappa shape index (κ3) is 3.08. The third-order valence-corrected chi connectivity index (χ3v) is 2.88. The Balaban J connectivity index is 2.13. The molecule has 1 heterocycles. The van der Waals surface area contributed by atoms with Crippen molar-refractivity contribution < 1.29 is 9.26 Å². The summed E-state index contributed by atoms with van der Waals surface area (Å²) in [4.78, 5) is 4.07. The van der Waals surface area contributed by atoms with E-state index in [9.17, 15) is 0 Å². The molecule has 0 bridgehead atoms. The van der Waals surface area contributed by atoms with Crippen LogP contribution in [0.3, 0.4) is 0 Å². The predicted octanol–water partition coefficient (Wildman–Crippen LogP) is 2.74. The van der Waals surface area contributed by atoms with Gasteiger partial charge in [-0.3, -0.25) is 0 Å². The van der Waals surface area contributed by atoms with Crippen molar-refractivity contribution in [1.82, 2.24) is 10.1 Å². The Morgan fingerprint density at radius 1 is 1.50 bits per heavy atom. The summed E-state index contributed by atoms with van der Waals surface area (Å²) < 4.78 is 11.6. The van der Waals surface area contributed by atoms with Gasteiger partial charge in [0, 0.05) is 16.1 Å². The summed E-state index contributed by atoms with van der Waals surface area (Å²) in [7, 11) is 0. The molecule has 18 heavy (non-hydrogen) atoms. The SMILES string of the molecule is Cc1noc(COc2ccc(Br)cc2C(C)N)n1. The Labute approximate surface area is 113 Å². The highest BCUT2D eigenvalue weighted by atomic mass is 79.9. The Kier molecular flexibility index (Phi) is 3.98. The molecule has 0 saturated carbocycles. The van der Waals surface area contributed by atoms with Gasteiger partial charge in [-0.05, 0) is 32.0 Å². The minimum Gasteiger partial charge on any atom is -0.483 e. The van der Waals surface area contributed by atoms with E-state index >= 15 is 0 Å². The van der Waals surface area contributed by atoms with Gasteiger partial charge in [-0.2, -0.15) is 4.98 Å². The van der Waals surface area contributed by atoms with E-state index in [1.807, 2.05) is 25.1 Å². The normalized spacial score (nSPS) is 12.4. The maximum Gasteiger partial charge on any atom is 0.264 e. The maximum absolute atomic E-state index is 5.90. The van der Waals surface area contributed by atoms with Crippen LogP contribution in [-0.2, 0) is 6.61 Å². The molecule has 0 aliphatic rings. The van der Waals surface area contributed by atoms with Crippen molar-refractivity contribution in [2.24, 2.45) is 5.73 Å². The zero-order chi connectivity index (χ0) is 13.1. The summed E-state index contributed by atoms with van der Waals surface area (Å²) in [6.07, 6.45) is 0. The minimum absolute atomic E-state index is 0.109. The summed E-state index contributed by atoms with van der Waals surface area (Å²) in [5, 5.41) is 3.70. The Bertz CT molecular complexity index is 540. The fourth-order valence-electron chi connectivity index (χ4n) is 1.54. The third-order valence-electron chi connectivity index (χ3n) is 2.38. The number of hydrogen-bond acceptors (Lipinski definition) is 5. The van der Waals surface area contributed by atoms with Gasteiger partial charge in [-0.25, -0.2) is 0 Å². The topological polar surface area (TPSA) is 74.2 Å². The number of ether oxygens (including phenoxy) is 1. The van der Waals surface area contributed by atoms with Crippen molar-refractivity contribution >= 4 is 15.9 Å². The van der Waals surface area contributed by atoms with Gasteiger partial charge in [0.05, 0.1) is 0 Å². The lowest BCUT2D eigenvalue weighted by Gasteiger charge is -2.13. The van der Waals surface area contributed by atoms with Gasteiger partial charge in [0.1, 0.15) is 5.75 Å². The number of benzene rings is 1. The van der Waals surface area contributed by atoms with E-state index in [1.165, 1.54) is 0 Å². The van der Waals surface area contributed by atoms with Crippen LogP contribution < -0.4 is 10.5 Å². The standard InChI is InChI=1S/C12H14BrN3O2/c1-7(14)10-5-9(13)3-4-11(10)17-6-12-15-8(2)16-18-12/h3-5,7H,6,14H2,1-2H3. The number of aryl methyl sites for hydroxylation is 1. The highest BCUT2D eigenvalue weighted by Gasteiger charge is 2.10. The highest BCUT2D eigenvalue weighted by Crippen LogP contribution is 2.27. The number of halogens is 1. The first-order valence-corrected chi connectivity index (χ1v) is 6.32. The average molecular weight is 312 g/mol. The van der Waals surface area contributed by atoms with Crippen LogP contribution in [0, 0.1) is 6.92 Å². The van der Waals surface area contributed by atoms with Crippen LogP contribution in [0.5, 0.6) is 5.75 Å². The fourth-order valence-corrected chi connectivity index (χ4v) is 1.92. The van der Waals surface area contributed by atoms with E-state index in [1.54, 1.807) is 6.92 Å². The second-order valence-electron chi connectivity index (χ2n) is 3.99. The van der Waals surface area contributed by atoms with Crippen LogP contribution in [0.25, 0.3) is 0 Å². The molecule has 5 nitrogen and oxygen atoms in total. The molecular formula is C12H14BrN3O2. The number of nitrogens with two attached hydrogens (primary N) is 1. The molecule has 1 unspecified atom stereocenters. The maximum atomic E-state index is 5.90. The largest absolute Gasteiger partial charge is 0.483 e. The fraction of sp³-hybridized carbons (Fsp3) is 0.333. The molecule has 1 aromatic heterocycles. The Morgan fingerprint density at radius 3 is 2.89 bits per heavy atom. The highest BCUT2D eigenvalue weighted by molar-refractivity contribution is 9.10. The van der Waals surface area contributed by atoms with Crippen LogP contribution >= 0.6 is 15.9 Å². The van der Waals surface area contributed by atoms with Crippen molar-refractivity contribution in [3.63, 3.8) is 0 Å². The van der Waals surface area contributed by atoms with Gasteiger partial charge < -0.3 is 15.0 Å². The lowest BCUT2D eigenvalue weighted by atomic mass is 10.1. The van der Waals surface area contributed by atoms with E-state index < -0.39 is 0 Å². The zero-order valence-corrected chi connectivity index (χ0v) is 11.8. The number of nitrogens with zero attached hydrogens (tertiary/aromatic N) is 2. The summed E-state index contributed by atoms with van der Waals surface area (Å²) >= 11 is 3.41. The lowest BCUT2D eigenvalue weighted by molar-refractivity contribution is 0.240. The molecule has 2 aromatic rings. The van der Waals surface area contributed by atoms with E-state index in [0.717, 1.165) is 15.8 Å². The smallest absolute Gasteiger partial charge is 0.264 e. The molecule has 2 rings (SSSR count). The average Bonchev–Trinajstić information content (AvgIpc) is 2.73. The van der Waals surface area contributed by atoms with Crippen molar-refractivity contribution in [1.29, 1.82) is 0 Å². The first-order valence-electron chi connectivity index (χ1n) is 5.53. The summed E-state index contributed by atoms with van der Waals surface area (Å²) in [6.45, 7) is 3.91. The molecule has 96 valence electrons. The van der Waals surface area contributed by atoms with Gasteiger partial charge >= 0.3 is 0 Å². The second-order valence-corrected chi connectivity index (χ2v) is 4.91. The van der Waals surface area contributed by atoms with Gasteiger partial charge in [0.2, 0.25) is 0 Å². The van der Waals surface area contributed by atoms with Crippen molar-refractivity contribution in [2.45, 2.75) is 26.5 Å². The molecular weight excluding hydrogens is 298 g/mol. The van der Waals surface area contributed by atoms with Gasteiger partial charge in [-0.15, -0.1) is 0 Å². The number of rotatable bonds is 4. The molecule has 6 heteroatoms. The molecule has 1 atom stereocenters. The van der Waals surface area contributed by atoms with Crippen molar-refractivity contribution in [2.75, 3.05) is 0 Å². The summed E-state index contributed by atoms with van der Waals surface area (Å²) in [5.41, 5.74) is 6.84. The van der Waals surface area contributed by atoms with Gasteiger partial charge in [-0.1, -0.05) is 21.1 Å². The molecule has 1 aromatic carbocycles. The summed E-state index contributed by atoms with van der Waals surface area (Å²) in [6, 6.07) is 5.60. The quantitative estimate of drug-likeness (QED) is 0.939. The lowest BCUT2D eigenvalue weighted by Crippen LogP contribution is -2.08. The first-order chi connectivity index (χ1) is 8.56. The molecule has 2 N–H and O–H groups in total. The minimum atomic E-state index is -0.109. The van der Waals surface area contributed by atoms with Crippen LogP contribution in [0.2, 0.25) is 0 Å². The first kappa shape index (κ1) is 13.0. The molecule has 0 aliphatic heterocycles. The monoisotopic (exact) mass is 311 g/mol.